The molecule has 1 aromatic rings. The molecule has 0 saturated carbocycles. The normalized spacial score (nSPS) is 20.6. The van der Waals surface area contributed by atoms with Crippen molar-refractivity contribution in [2.24, 2.45) is 0 Å². The minimum Gasteiger partial charge on any atom is -0.480 e. The first kappa shape index (κ1) is 14.8. The second-order valence-electron chi connectivity index (χ2n) is 4.19. The van der Waals surface area contributed by atoms with Gasteiger partial charge in [-0.05, 0) is 47.0 Å². The standard InChI is InChI=1S/C11H11BrClNO4S/c12-8-6-7(13)3-4-10(8)19(17,18)14-5-1-2-9(14)11(15)16/h3-4,6,9H,1-2,5H2,(H,15,16). The zero-order valence-corrected chi connectivity index (χ0v) is 12.9. The summed E-state index contributed by atoms with van der Waals surface area (Å²) in [6.45, 7) is 0.217. The smallest absolute Gasteiger partial charge is 0.322 e. The summed E-state index contributed by atoms with van der Waals surface area (Å²) in [5, 5.41) is 9.47. The lowest BCUT2D eigenvalue weighted by molar-refractivity contribution is -0.140. The first-order valence-electron chi connectivity index (χ1n) is 5.54. The van der Waals surface area contributed by atoms with E-state index in [9.17, 15) is 13.2 Å². The first-order valence-corrected chi connectivity index (χ1v) is 8.15. The molecule has 1 aliphatic heterocycles. The van der Waals surface area contributed by atoms with Crippen LogP contribution < -0.4 is 0 Å². The number of hydrogen-bond donors (Lipinski definition) is 1. The summed E-state index contributed by atoms with van der Waals surface area (Å²) in [4.78, 5) is 11.1. The zero-order valence-electron chi connectivity index (χ0n) is 9.71. The van der Waals surface area contributed by atoms with Crippen molar-refractivity contribution in [3.05, 3.63) is 27.7 Å². The third kappa shape index (κ3) is 2.79. The number of carboxylic acids is 1. The van der Waals surface area contributed by atoms with Crippen LogP contribution in [0.15, 0.2) is 27.6 Å². The Labute approximate surface area is 124 Å². The van der Waals surface area contributed by atoms with Crippen LogP contribution >= 0.6 is 27.5 Å². The topological polar surface area (TPSA) is 74.7 Å². The molecule has 1 N–H and O–H groups in total. The molecule has 1 aromatic carbocycles. The monoisotopic (exact) mass is 367 g/mol. The molecule has 0 bridgehead atoms. The van der Waals surface area contributed by atoms with Gasteiger partial charge in [-0.15, -0.1) is 0 Å². The van der Waals surface area contributed by atoms with Gasteiger partial charge in [0.25, 0.3) is 0 Å². The van der Waals surface area contributed by atoms with E-state index < -0.39 is 22.0 Å². The number of hydrogen-bond acceptors (Lipinski definition) is 3. The van der Waals surface area contributed by atoms with Crippen molar-refractivity contribution in [1.29, 1.82) is 0 Å². The van der Waals surface area contributed by atoms with Crippen LogP contribution in [0, 0.1) is 0 Å². The summed E-state index contributed by atoms with van der Waals surface area (Å²) < 4.78 is 26.3. The third-order valence-electron chi connectivity index (χ3n) is 2.97. The highest BCUT2D eigenvalue weighted by Crippen LogP contribution is 2.31. The number of aliphatic carboxylic acids is 1. The van der Waals surface area contributed by atoms with Crippen molar-refractivity contribution < 1.29 is 18.3 Å². The van der Waals surface area contributed by atoms with E-state index in [2.05, 4.69) is 15.9 Å². The number of carboxylic acid groups (broad SMARTS) is 1. The predicted octanol–water partition coefficient (Wildman–Crippen LogP) is 2.34. The quantitative estimate of drug-likeness (QED) is 0.888. The van der Waals surface area contributed by atoms with E-state index in [-0.39, 0.29) is 11.4 Å². The second-order valence-corrected chi connectivity index (χ2v) is 7.34. The van der Waals surface area contributed by atoms with Crippen LogP contribution in [0.3, 0.4) is 0 Å². The largest absolute Gasteiger partial charge is 0.480 e. The van der Waals surface area contributed by atoms with Gasteiger partial charge in [-0.3, -0.25) is 4.79 Å². The Bertz CT molecular complexity index is 619. The molecule has 1 unspecified atom stereocenters. The highest BCUT2D eigenvalue weighted by Gasteiger charge is 2.40. The molecule has 0 spiro atoms. The van der Waals surface area contributed by atoms with Gasteiger partial charge >= 0.3 is 5.97 Å². The Morgan fingerprint density at radius 1 is 1.47 bits per heavy atom. The highest BCUT2D eigenvalue weighted by molar-refractivity contribution is 9.10. The summed E-state index contributed by atoms with van der Waals surface area (Å²) in [6.07, 6.45) is 0.876. The minimum atomic E-state index is -3.83. The number of halogens is 2. The first-order chi connectivity index (χ1) is 8.84. The van der Waals surface area contributed by atoms with Crippen LogP contribution in [0.5, 0.6) is 0 Å². The van der Waals surface area contributed by atoms with E-state index in [4.69, 9.17) is 16.7 Å². The fourth-order valence-corrected chi connectivity index (χ4v) is 5.08. The van der Waals surface area contributed by atoms with Crippen LogP contribution in [-0.2, 0) is 14.8 Å². The molecule has 1 saturated heterocycles. The van der Waals surface area contributed by atoms with E-state index in [0.717, 1.165) is 4.31 Å². The predicted molar refractivity (Wildman–Crippen MR) is 73.7 cm³/mol. The lowest BCUT2D eigenvalue weighted by atomic mass is 10.2. The van der Waals surface area contributed by atoms with Crippen LogP contribution in [0.4, 0.5) is 0 Å². The summed E-state index contributed by atoms with van der Waals surface area (Å²) in [7, 11) is -3.83. The van der Waals surface area contributed by atoms with Gasteiger partial charge in [0.2, 0.25) is 10.0 Å². The molecule has 1 heterocycles. The molecule has 0 aromatic heterocycles. The van der Waals surface area contributed by atoms with Crippen molar-refractivity contribution in [3.63, 3.8) is 0 Å². The third-order valence-corrected chi connectivity index (χ3v) is 6.09. The molecule has 1 aliphatic rings. The van der Waals surface area contributed by atoms with Gasteiger partial charge in [0.05, 0.1) is 4.90 Å². The Kier molecular flexibility index (Phi) is 4.20. The van der Waals surface area contributed by atoms with E-state index in [0.29, 0.717) is 22.3 Å². The van der Waals surface area contributed by atoms with Gasteiger partial charge < -0.3 is 5.11 Å². The zero-order chi connectivity index (χ0) is 14.2. The van der Waals surface area contributed by atoms with Gasteiger partial charge in [-0.2, -0.15) is 4.31 Å². The summed E-state index contributed by atoms with van der Waals surface area (Å²) >= 11 is 8.92. The number of nitrogens with zero attached hydrogens (tertiary/aromatic N) is 1. The van der Waals surface area contributed by atoms with Crippen molar-refractivity contribution in [3.8, 4) is 0 Å². The molecular weight excluding hydrogens is 358 g/mol. The van der Waals surface area contributed by atoms with Gasteiger partial charge in [0, 0.05) is 16.0 Å². The van der Waals surface area contributed by atoms with Crippen LogP contribution in [-0.4, -0.2) is 36.4 Å². The fraction of sp³-hybridized carbons (Fsp3) is 0.364. The Morgan fingerprint density at radius 3 is 2.74 bits per heavy atom. The van der Waals surface area contributed by atoms with E-state index >= 15 is 0 Å². The molecular formula is C11H11BrClNO4S. The average Bonchev–Trinajstić information content (AvgIpc) is 2.77. The van der Waals surface area contributed by atoms with Crippen LogP contribution in [0.2, 0.25) is 5.02 Å². The highest BCUT2D eigenvalue weighted by atomic mass is 79.9. The Hall–Kier alpha value is -0.630. The summed E-state index contributed by atoms with van der Waals surface area (Å²) in [6, 6.07) is 3.32. The maximum absolute atomic E-state index is 12.5. The van der Waals surface area contributed by atoms with Crippen molar-refractivity contribution in [2.75, 3.05) is 6.54 Å². The average molecular weight is 369 g/mol. The number of rotatable bonds is 3. The number of sulfonamides is 1. The van der Waals surface area contributed by atoms with Gasteiger partial charge in [0.1, 0.15) is 6.04 Å². The van der Waals surface area contributed by atoms with Crippen LogP contribution in [0.1, 0.15) is 12.8 Å². The molecule has 8 heteroatoms. The molecule has 2 rings (SSSR count). The van der Waals surface area contributed by atoms with Gasteiger partial charge in [-0.1, -0.05) is 11.6 Å². The Balaban J connectivity index is 2.45. The second kappa shape index (κ2) is 5.40. The van der Waals surface area contributed by atoms with Crippen molar-refractivity contribution >= 4 is 43.5 Å². The molecule has 5 nitrogen and oxygen atoms in total. The molecule has 19 heavy (non-hydrogen) atoms. The molecule has 1 atom stereocenters. The number of benzene rings is 1. The summed E-state index contributed by atoms with van der Waals surface area (Å²) in [5.41, 5.74) is 0. The minimum absolute atomic E-state index is 0.0325. The fourth-order valence-electron chi connectivity index (χ4n) is 2.09. The molecule has 0 aliphatic carbocycles. The van der Waals surface area contributed by atoms with Crippen molar-refractivity contribution in [1.82, 2.24) is 4.31 Å². The lowest BCUT2D eigenvalue weighted by Gasteiger charge is -2.21. The maximum atomic E-state index is 12.5. The van der Waals surface area contributed by atoms with E-state index in [1.165, 1.54) is 18.2 Å². The Morgan fingerprint density at radius 2 is 2.16 bits per heavy atom. The molecule has 0 radical (unpaired) electrons. The van der Waals surface area contributed by atoms with E-state index in [1.54, 1.807) is 0 Å². The SMILES string of the molecule is O=C(O)C1CCCN1S(=O)(=O)c1ccc(Cl)cc1Br. The lowest BCUT2D eigenvalue weighted by Crippen LogP contribution is -2.40. The number of carbonyl (C=O) groups is 1. The summed E-state index contributed by atoms with van der Waals surface area (Å²) in [5.74, 6) is -1.12. The molecule has 104 valence electrons. The van der Waals surface area contributed by atoms with Gasteiger partial charge in [-0.25, -0.2) is 8.42 Å². The maximum Gasteiger partial charge on any atom is 0.322 e. The van der Waals surface area contributed by atoms with Crippen molar-refractivity contribution in [2.45, 2.75) is 23.8 Å². The van der Waals surface area contributed by atoms with Gasteiger partial charge in [0.15, 0.2) is 0 Å². The molecule has 0 amide bonds. The molecule has 1 fully saturated rings. The van der Waals surface area contributed by atoms with E-state index in [1.807, 2.05) is 0 Å². The van der Waals surface area contributed by atoms with Crippen LogP contribution in [0.25, 0.3) is 0 Å².